The van der Waals surface area contributed by atoms with E-state index in [1.54, 1.807) is 6.07 Å². The molecule has 7 heteroatoms. The highest BCUT2D eigenvalue weighted by Gasteiger charge is 2.19. The number of hydrogen-bond acceptors (Lipinski definition) is 4. The highest BCUT2D eigenvalue weighted by molar-refractivity contribution is 5.98. The maximum absolute atomic E-state index is 13.2. The normalized spacial score (nSPS) is 11.6. The number of nitrogens with zero attached hydrogens (tertiary/aromatic N) is 1. The fraction of sp³-hybridized carbons (Fsp3) is 0.188. The molecule has 0 aliphatic carbocycles. The summed E-state index contributed by atoms with van der Waals surface area (Å²) in [5.74, 6) is -1.81. The molecule has 1 unspecified atom stereocenters. The van der Waals surface area contributed by atoms with Gasteiger partial charge in [-0.2, -0.15) is 0 Å². The zero-order valence-electron chi connectivity index (χ0n) is 12.6. The lowest BCUT2D eigenvalue weighted by molar-refractivity contribution is -0.122. The zero-order valence-corrected chi connectivity index (χ0v) is 12.6. The van der Waals surface area contributed by atoms with E-state index in [1.165, 1.54) is 44.4 Å². The second-order valence-electron chi connectivity index (χ2n) is 4.91. The molecule has 0 bridgehead atoms. The molecular weight excluding hydrogens is 301 g/mol. The van der Waals surface area contributed by atoms with E-state index in [-0.39, 0.29) is 17.4 Å². The molecule has 0 spiro atoms. The molecule has 120 valence electrons. The number of carbonyl (C=O) groups is 2. The summed E-state index contributed by atoms with van der Waals surface area (Å²) in [4.78, 5) is 27.3. The Kier molecular flexibility index (Phi) is 4.90. The molecule has 2 rings (SSSR count). The highest BCUT2D eigenvalue weighted by Crippen LogP contribution is 2.25. The number of halogens is 1. The molecule has 3 N–H and O–H groups in total. The van der Waals surface area contributed by atoms with Crippen LogP contribution in [0.3, 0.4) is 0 Å². The number of likely N-dealkylation sites (N-methyl/N-ethyl adjacent to an activating group) is 1. The van der Waals surface area contributed by atoms with E-state index >= 15 is 0 Å². The molecule has 0 saturated heterocycles. The number of pyridine rings is 1. The third-order valence-corrected chi connectivity index (χ3v) is 3.23. The van der Waals surface area contributed by atoms with Crippen molar-refractivity contribution in [2.24, 2.45) is 0 Å². The predicted molar refractivity (Wildman–Crippen MR) is 82.3 cm³/mol. The number of rotatable bonds is 4. The van der Waals surface area contributed by atoms with Crippen molar-refractivity contribution in [3.8, 4) is 16.9 Å². The van der Waals surface area contributed by atoms with Gasteiger partial charge >= 0.3 is 0 Å². The SMILES string of the molecule is CNC(=O)C(C)NC(=O)c1ncc(-c2cccc(F)c2)cc1O. The number of benzene rings is 1. The Labute approximate surface area is 132 Å². The van der Waals surface area contributed by atoms with Crippen LogP contribution in [-0.2, 0) is 4.79 Å². The summed E-state index contributed by atoms with van der Waals surface area (Å²) < 4.78 is 13.2. The second-order valence-corrected chi connectivity index (χ2v) is 4.91. The Morgan fingerprint density at radius 2 is 2.00 bits per heavy atom. The lowest BCUT2D eigenvalue weighted by Crippen LogP contribution is -2.43. The van der Waals surface area contributed by atoms with Crippen molar-refractivity contribution < 1.29 is 19.1 Å². The van der Waals surface area contributed by atoms with E-state index in [1.807, 2.05) is 0 Å². The molecule has 0 radical (unpaired) electrons. The lowest BCUT2D eigenvalue weighted by atomic mass is 10.1. The van der Waals surface area contributed by atoms with Gasteiger partial charge in [-0.15, -0.1) is 0 Å². The number of hydrogen-bond donors (Lipinski definition) is 3. The molecule has 0 saturated carbocycles. The quantitative estimate of drug-likeness (QED) is 0.796. The Morgan fingerprint density at radius 1 is 1.26 bits per heavy atom. The summed E-state index contributed by atoms with van der Waals surface area (Å²) in [6, 6.07) is 6.35. The summed E-state index contributed by atoms with van der Waals surface area (Å²) in [7, 11) is 1.45. The first-order valence-corrected chi connectivity index (χ1v) is 6.89. The molecule has 0 aliphatic heterocycles. The predicted octanol–water partition coefficient (Wildman–Crippen LogP) is 1.46. The molecule has 1 heterocycles. The van der Waals surface area contributed by atoms with Gasteiger partial charge in [0.05, 0.1) is 0 Å². The van der Waals surface area contributed by atoms with Crippen molar-refractivity contribution in [2.45, 2.75) is 13.0 Å². The standard InChI is InChI=1S/C16H16FN3O3/c1-9(15(22)18-2)20-16(23)14-13(21)7-11(8-19-14)10-4-3-5-12(17)6-10/h3-9,21H,1-2H3,(H,18,22)(H,20,23). The van der Waals surface area contributed by atoms with Gasteiger partial charge in [-0.25, -0.2) is 9.37 Å². The second kappa shape index (κ2) is 6.87. The maximum atomic E-state index is 13.2. The van der Waals surface area contributed by atoms with Gasteiger partial charge in [0, 0.05) is 18.8 Å². The van der Waals surface area contributed by atoms with Crippen LogP contribution in [0.15, 0.2) is 36.5 Å². The zero-order chi connectivity index (χ0) is 17.0. The largest absolute Gasteiger partial charge is 0.505 e. The van der Waals surface area contributed by atoms with Crippen molar-refractivity contribution in [1.82, 2.24) is 15.6 Å². The van der Waals surface area contributed by atoms with Gasteiger partial charge in [0.2, 0.25) is 5.91 Å². The smallest absolute Gasteiger partial charge is 0.274 e. The lowest BCUT2D eigenvalue weighted by Gasteiger charge is -2.13. The molecule has 1 atom stereocenters. The van der Waals surface area contributed by atoms with E-state index < -0.39 is 17.8 Å². The Bertz CT molecular complexity index is 749. The number of amides is 2. The Morgan fingerprint density at radius 3 is 2.61 bits per heavy atom. The number of nitrogens with one attached hydrogen (secondary N) is 2. The van der Waals surface area contributed by atoms with E-state index in [2.05, 4.69) is 15.6 Å². The van der Waals surface area contributed by atoms with Crippen LogP contribution in [0.1, 0.15) is 17.4 Å². The van der Waals surface area contributed by atoms with Crippen LogP contribution in [-0.4, -0.2) is 35.0 Å². The Balaban J connectivity index is 2.22. The minimum absolute atomic E-state index is 0.207. The molecule has 6 nitrogen and oxygen atoms in total. The minimum Gasteiger partial charge on any atom is -0.505 e. The summed E-state index contributed by atoms with van der Waals surface area (Å²) in [5, 5.41) is 14.8. The topological polar surface area (TPSA) is 91.3 Å². The van der Waals surface area contributed by atoms with Crippen LogP contribution in [0.5, 0.6) is 5.75 Å². The molecule has 2 aromatic rings. The molecule has 1 aromatic carbocycles. The average molecular weight is 317 g/mol. The maximum Gasteiger partial charge on any atom is 0.274 e. The average Bonchev–Trinajstić information content (AvgIpc) is 2.53. The van der Waals surface area contributed by atoms with Crippen LogP contribution in [0.4, 0.5) is 4.39 Å². The molecule has 0 fully saturated rings. The van der Waals surface area contributed by atoms with Crippen molar-refractivity contribution in [1.29, 1.82) is 0 Å². The van der Waals surface area contributed by atoms with E-state index in [4.69, 9.17) is 0 Å². The first-order valence-electron chi connectivity index (χ1n) is 6.89. The summed E-state index contributed by atoms with van der Waals surface area (Å²) >= 11 is 0. The Hall–Kier alpha value is -2.96. The molecule has 1 aromatic heterocycles. The monoisotopic (exact) mass is 317 g/mol. The van der Waals surface area contributed by atoms with Crippen molar-refractivity contribution in [3.63, 3.8) is 0 Å². The fourth-order valence-electron chi connectivity index (χ4n) is 2.00. The number of carbonyl (C=O) groups excluding carboxylic acids is 2. The number of aromatic hydroxyl groups is 1. The van der Waals surface area contributed by atoms with Crippen LogP contribution in [0, 0.1) is 5.82 Å². The molecule has 23 heavy (non-hydrogen) atoms. The van der Waals surface area contributed by atoms with Crippen molar-refractivity contribution in [2.75, 3.05) is 7.05 Å². The summed E-state index contributed by atoms with van der Waals surface area (Å²) in [6.07, 6.45) is 1.36. The third-order valence-electron chi connectivity index (χ3n) is 3.23. The fourth-order valence-corrected chi connectivity index (χ4v) is 2.00. The van der Waals surface area contributed by atoms with Crippen LogP contribution >= 0.6 is 0 Å². The van der Waals surface area contributed by atoms with Gasteiger partial charge < -0.3 is 15.7 Å². The van der Waals surface area contributed by atoms with Gasteiger partial charge in [-0.05, 0) is 30.7 Å². The van der Waals surface area contributed by atoms with E-state index in [0.717, 1.165) is 0 Å². The van der Waals surface area contributed by atoms with Gasteiger partial charge in [-0.1, -0.05) is 12.1 Å². The first kappa shape index (κ1) is 16.4. The summed E-state index contributed by atoms with van der Waals surface area (Å²) in [5.41, 5.74) is 0.789. The van der Waals surface area contributed by atoms with E-state index in [9.17, 15) is 19.1 Å². The van der Waals surface area contributed by atoms with Gasteiger partial charge in [-0.3, -0.25) is 9.59 Å². The molecule has 2 amide bonds. The highest BCUT2D eigenvalue weighted by atomic mass is 19.1. The first-order chi connectivity index (χ1) is 10.9. The summed E-state index contributed by atoms with van der Waals surface area (Å²) in [6.45, 7) is 1.51. The molecule has 0 aliphatic rings. The third kappa shape index (κ3) is 3.82. The minimum atomic E-state index is -0.767. The van der Waals surface area contributed by atoms with Crippen LogP contribution < -0.4 is 10.6 Å². The van der Waals surface area contributed by atoms with Gasteiger partial charge in [0.25, 0.3) is 5.91 Å². The van der Waals surface area contributed by atoms with Crippen molar-refractivity contribution >= 4 is 11.8 Å². The number of aromatic nitrogens is 1. The van der Waals surface area contributed by atoms with Crippen LogP contribution in [0.25, 0.3) is 11.1 Å². The van der Waals surface area contributed by atoms with Crippen LogP contribution in [0.2, 0.25) is 0 Å². The molecular formula is C16H16FN3O3. The van der Waals surface area contributed by atoms with Crippen molar-refractivity contribution in [3.05, 3.63) is 48.0 Å². The van der Waals surface area contributed by atoms with E-state index in [0.29, 0.717) is 11.1 Å². The van der Waals surface area contributed by atoms with Gasteiger partial charge in [0.1, 0.15) is 17.6 Å². The van der Waals surface area contributed by atoms with Gasteiger partial charge in [0.15, 0.2) is 5.69 Å².